The van der Waals surface area contributed by atoms with E-state index in [2.05, 4.69) is 10.3 Å². The highest BCUT2D eigenvalue weighted by Gasteiger charge is 2.33. The first-order chi connectivity index (χ1) is 13.9. The van der Waals surface area contributed by atoms with Gasteiger partial charge in [-0.05, 0) is 31.7 Å². The summed E-state index contributed by atoms with van der Waals surface area (Å²) < 4.78 is 37.7. The lowest BCUT2D eigenvalue weighted by molar-refractivity contribution is 0.0754. The Hall–Kier alpha value is -2.50. The minimum absolute atomic E-state index is 0.106. The molecule has 0 spiro atoms. The van der Waals surface area contributed by atoms with Crippen LogP contribution in [0, 0.1) is 13.8 Å². The Balaban J connectivity index is 1.48. The molecule has 0 N–H and O–H groups in total. The summed E-state index contributed by atoms with van der Waals surface area (Å²) in [5.41, 5.74) is 0.554. The van der Waals surface area contributed by atoms with Crippen molar-refractivity contribution in [3.63, 3.8) is 0 Å². The molecule has 0 unspecified atom stereocenters. The molecule has 0 aromatic carbocycles. The number of hydrogen-bond acceptors (Lipinski definition) is 8. The molecule has 1 aliphatic heterocycles. The van der Waals surface area contributed by atoms with Crippen molar-refractivity contribution in [1.29, 1.82) is 0 Å². The van der Waals surface area contributed by atoms with Crippen molar-refractivity contribution in [2.45, 2.75) is 25.2 Å². The Morgan fingerprint density at radius 1 is 1.14 bits per heavy atom. The fraction of sp³-hybridized carbons (Fsp3) is 0.389. The predicted octanol–water partition coefficient (Wildman–Crippen LogP) is 2.54. The molecule has 1 amide bonds. The number of hydrogen-bond donors (Lipinski definition) is 0. The van der Waals surface area contributed by atoms with Crippen LogP contribution in [0.1, 0.15) is 28.4 Å². The molecule has 0 radical (unpaired) electrons. The first-order valence-electron chi connectivity index (χ1n) is 9.11. The van der Waals surface area contributed by atoms with Crippen LogP contribution in [-0.2, 0) is 10.0 Å². The lowest BCUT2D eigenvalue weighted by atomic mass is 10.3. The molecule has 29 heavy (non-hydrogen) atoms. The molecule has 9 nitrogen and oxygen atoms in total. The molecule has 1 saturated heterocycles. The van der Waals surface area contributed by atoms with Crippen LogP contribution in [0.2, 0.25) is 0 Å². The minimum Gasteiger partial charge on any atom is -0.360 e. The number of aromatic nitrogens is 2. The zero-order chi connectivity index (χ0) is 20.6. The second-order valence-corrected chi connectivity index (χ2v) is 9.58. The molecular weight excluding hydrogens is 416 g/mol. The van der Waals surface area contributed by atoms with Gasteiger partial charge in [-0.15, -0.1) is 11.3 Å². The molecular formula is C18H20N4O5S2. The summed E-state index contributed by atoms with van der Waals surface area (Å²) in [6, 6.07) is 5.41. The van der Waals surface area contributed by atoms with Crippen molar-refractivity contribution >= 4 is 27.3 Å². The molecule has 1 fully saturated rings. The monoisotopic (exact) mass is 436 g/mol. The number of sulfonamides is 1. The second kappa shape index (κ2) is 7.73. The second-order valence-electron chi connectivity index (χ2n) is 6.76. The van der Waals surface area contributed by atoms with Gasteiger partial charge in [0.1, 0.15) is 10.6 Å². The van der Waals surface area contributed by atoms with Crippen LogP contribution in [0.25, 0.3) is 10.6 Å². The van der Waals surface area contributed by atoms with Crippen LogP contribution < -0.4 is 0 Å². The van der Waals surface area contributed by atoms with Crippen molar-refractivity contribution < 1.29 is 22.3 Å². The van der Waals surface area contributed by atoms with E-state index in [9.17, 15) is 13.2 Å². The van der Waals surface area contributed by atoms with Crippen LogP contribution in [0.4, 0.5) is 0 Å². The van der Waals surface area contributed by atoms with E-state index in [4.69, 9.17) is 9.05 Å². The molecule has 3 aromatic rings. The summed E-state index contributed by atoms with van der Waals surface area (Å²) in [7, 11) is -3.74. The maximum atomic E-state index is 13.0. The summed E-state index contributed by atoms with van der Waals surface area (Å²) in [6.45, 7) is 4.39. The van der Waals surface area contributed by atoms with Crippen LogP contribution in [0.3, 0.4) is 0 Å². The largest absolute Gasteiger partial charge is 0.360 e. The molecule has 11 heteroatoms. The lowest BCUT2D eigenvalue weighted by Gasteiger charge is -2.21. The lowest BCUT2D eigenvalue weighted by Crippen LogP contribution is -2.37. The molecule has 4 heterocycles. The maximum Gasteiger partial charge on any atom is 0.276 e. The van der Waals surface area contributed by atoms with E-state index in [1.165, 1.54) is 15.6 Å². The number of nitrogens with zero attached hydrogens (tertiary/aromatic N) is 4. The zero-order valence-corrected chi connectivity index (χ0v) is 17.6. The van der Waals surface area contributed by atoms with Crippen molar-refractivity contribution in [2.24, 2.45) is 0 Å². The molecule has 4 rings (SSSR count). The van der Waals surface area contributed by atoms with Gasteiger partial charge in [0.15, 0.2) is 17.2 Å². The van der Waals surface area contributed by atoms with E-state index in [0.717, 1.165) is 4.88 Å². The Morgan fingerprint density at radius 3 is 2.66 bits per heavy atom. The van der Waals surface area contributed by atoms with Gasteiger partial charge < -0.3 is 13.9 Å². The van der Waals surface area contributed by atoms with E-state index in [1.54, 1.807) is 24.8 Å². The number of rotatable bonds is 4. The van der Waals surface area contributed by atoms with E-state index < -0.39 is 10.0 Å². The van der Waals surface area contributed by atoms with Crippen molar-refractivity contribution in [3.8, 4) is 10.6 Å². The molecule has 3 aromatic heterocycles. The molecule has 1 aliphatic rings. The number of thiophene rings is 1. The zero-order valence-electron chi connectivity index (χ0n) is 16.0. The first-order valence-corrected chi connectivity index (χ1v) is 11.4. The van der Waals surface area contributed by atoms with Crippen LogP contribution in [-0.4, -0.2) is 60.0 Å². The molecule has 0 bridgehead atoms. The van der Waals surface area contributed by atoms with Gasteiger partial charge in [-0.1, -0.05) is 16.4 Å². The predicted molar refractivity (Wildman–Crippen MR) is 105 cm³/mol. The van der Waals surface area contributed by atoms with Crippen molar-refractivity contribution in [1.82, 2.24) is 19.5 Å². The topological polar surface area (TPSA) is 110 Å². The maximum absolute atomic E-state index is 13.0. The van der Waals surface area contributed by atoms with Gasteiger partial charge in [0.2, 0.25) is 10.0 Å². The van der Waals surface area contributed by atoms with E-state index in [-0.39, 0.29) is 35.3 Å². The molecule has 0 saturated carbocycles. The SMILES string of the molecule is Cc1noc(C)c1S(=O)(=O)N1CCCN(C(=O)c2cc(-c3cccs3)on2)CC1. The van der Waals surface area contributed by atoms with Gasteiger partial charge in [0.25, 0.3) is 5.91 Å². The third-order valence-corrected chi connectivity index (χ3v) is 7.83. The van der Waals surface area contributed by atoms with Crippen molar-refractivity contribution in [3.05, 3.63) is 40.7 Å². The third kappa shape index (κ3) is 3.72. The quantitative estimate of drug-likeness (QED) is 0.618. The average Bonchev–Trinajstić information content (AvgIpc) is 3.39. The highest BCUT2D eigenvalue weighted by Crippen LogP contribution is 2.27. The number of aryl methyl sites for hydroxylation is 2. The van der Waals surface area contributed by atoms with Gasteiger partial charge in [0.05, 0.1) is 4.88 Å². The third-order valence-electron chi connectivity index (χ3n) is 4.80. The Kier molecular flexibility index (Phi) is 5.28. The normalized spacial score (nSPS) is 16.1. The fourth-order valence-corrected chi connectivity index (χ4v) is 5.82. The fourth-order valence-electron chi connectivity index (χ4n) is 3.38. The summed E-state index contributed by atoms with van der Waals surface area (Å²) in [5.74, 6) is 0.539. The Morgan fingerprint density at radius 2 is 1.97 bits per heavy atom. The van der Waals surface area contributed by atoms with Gasteiger partial charge in [0, 0.05) is 32.2 Å². The number of carbonyl (C=O) groups excluding carboxylic acids is 1. The minimum atomic E-state index is -3.74. The van der Waals surface area contributed by atoms with Gasteiger partial charge in [-0.3, -0.25) is 4.79 Å². The van der Waals surface area contributed by atoms with Gasteiger partial charge >= 0.3 is 0 Å². The smallest absolute Gasteiger partial charge is 0.276 e. The first kappa shape index (κ1) is 19.8. The average molecular weight is 437 g/mol. The highest BCUT2D eigenvalue weighted by atomic mass is 32.2. The Bertz CT molecular complexity index is 1100. The highest BCUT2D eigenvalue weighted by molar-refractivity contribution is 7.89. The van der Waals surface area contributed by atoms with Gasteiger partial charge in [-0.25, -0.2) is 8.42 Å². The summed E-state index contributed by atoms with van der Waals surface area (Å²) >= 11 is 1.50. The van der Waals surface area contributed by atoms with E-state index in [1.807, 2.05) is 17.5 Å². The van der Waals surface area contributed by atoms with Crippen LogP contribution in [0.5, 0.6) is 0 Å². The summed E-state index contributed by atoms with van der Waals surface area (Å²) in [4.78, 5) is 15.5. The van der Waals surface area contributed by atoms with E-state index in [0.29, 0.717) is 31.0 Å². The molecule has 0 atom stereocenters. The summed E-state index contributed by atoms with van der Waals surface area (Å²) in [6.07, 6.45) is 0.518. The van der Waals surface area contributed by atoms with Crippen LogP contribution in [0.15, 0.2) is 37.5 Å². The van der Waals surface area contributed by atoms with E-state index >= 15 is 0 Å². The molecule has 154 valence electrons. The summed E-state index contributed by atoms with van der Waals surface area (Å²) in [5, 5.41) is 9.56. The standard InChI is InChI=1S/C18H20N4O5S2/c1-12-17(13(2)26-19-12)29(24,25)22-7-4-6-21(8-9-22)18(23)14-11-15(27-20-14)16-5-3-10-28-16/h3,5,10-11H,4,6-9H2,1-2H3. The van der Waals surface area contributed by atoms with Gasteiger partial charge in [-0.2, -0.15) is 4.31 Å². The Labute approximate surface area is 171 Å². The van der Waals surface area contributed by atoms with Crippen LogP contribution >= 0.6 is 11.3 Å². The number of carbonyl (C=O) groups is 1. The van der Waals surface area contributed by atoms with Crippen molar-refractivity contribution in [2.75, 3.05) is 26.2 Å². The number of amides is 1. The molecule has 0 aliphatic carbocycles.